The van der Waals surface area contributed by atoms with Gasteiger partial charge in [-0.1, -0.05) is 6.58 Å². The van der Waals surface area contributed by atoms with Crippen LogP contribution in [0.15, 0.2) is 58.1 Å². The molecule has 9 nitrogen and oxygen atoms in total. The molecular weight excluding hydrogens is 482 g/mol. The number of hydrogen-bond donors (Lipinski definition) is 2. The number of alkyl halides is 3. The molecule has 5 rings (SSSR count). The molecule has 0 unspecified atom stereocenters. The Kier molecular flexibility index (Phi) is 6.73. The lowest BCUT2D eigenvalue weighted by Crippen LogP contribution is -2.27. The summed E-state index contributed by atoms with van der Waals surface area (Å²) in [5, 5.41) is 4.46. The van der Waals surface area contributed by atoms with E-state index in [1.807, 2.05) is 6.07 Å². The van der Waals surface area contributed by atoms with Gasteiger partial charge < -0.3 is 9.55 Å². The summed E-state index contributed by atoms with van der Waals surface area (Å²) < 4.78 is 51.9. The molecule has 1 aliphatic carbocycles. The summed E-state index contributed by atoms with van der Waals surface area (Å²) in [6, 6.07) is 3.22. The van der Waals surface area contributed by atoms with Crippen LogP contribution in [-0.4, -0.2) is 42.5 Å². The number of nitrogens with one attached hydrogen (secondary N) is 2. The maximum atomic E-state index is 13.2. The Morgan fingerprint density at radius 3 is 2.67 bits per heavy atom. The highest BCUT2D eigenvalue weighted by Gasteiger charge is 2.29. The molecule has 0 radical (unpaired) electrons. The van der Waals surface area contributed by atoms with Crippen molar-refractivity contribution < 1.29 is 17.6 Å². The van der Waals surface area contributed by atoms with Gasteiger partial charge >= 0.3 is 11.9 Å². The minimum Gasteiger partial charge on any atom is -0.335 e. The van der Waals surface area contributed by atoms with Gasteiger partial charge in [0.05, 0.1) is 22.2 Å². The average molecular weight is 503 g/mol. The first-order valence-corrected chi connectivity index (χ1v) is 10.8. The van der Waals surface area contributed by atoms with Crippen LogP contribution < -0.4 is 16.7 Å². The molecule has 36 heavy (non-hydrogen) atoms. The summed E-state index contributed by atoms with van der Waals surface area (Å²) in [5.74, 6) is -0.249. The van der Waals surface area contributed by atoms with E-state index in [-0.39, 0.29) is 10.9 Å². The van der Waals surface area contributed by atoms with Crippen LogP contribution in [-0.2, 0) is 6.54 Å². The van der Waals surface area contributed by atoms with Gasteiger partial charge in [0, 0.05) is 43.6 Å². The highest BCUT2D eigenvalue weighted by atomic mass is 19.4. The molecule has 13 heteroatoms. The smallest absolute Gasteiger partial charge is 0.335 e. The summed E-state index contributed by atoms with van der Waals surface area (Å²) in [5.41, 5.74) is 1.79. The average Bonchev–Trinajstić information content (AvgIpc) is 3.63. The molecular formula is C23H21F4N7O2. The molecule has 4 aromatic heterocycles. The zero-order chi connectivity index (χ0) is 26.0. The number of pyridine rings is 1. The molecule has 1 fully saturated rings. The van der Waals surface area contributed by atoms with Crippen LogP contribution in [0.5, 0.6) is 0 Å². The molecule has 0 aliphatic heterocycles. The largest absolute Gasteiger partial charge is 0.406 e. The second-order valence-electron chi connectivity index (χ2n) is 8.03. The SMILES string of the molecule is C=Cn1nc(-c2c[nH]c(=O)[nH]c2=O)cc(C2CC2)c1=NC.Fc1cn(CC(F)(F)F)c2ccncc12. The predicted octanol–water partition coefficient (Wildman–Crippen LogP) is 3.17. The van der Waals surface area contributed by atoms with Crippen molar-refractivity contribution in [3.8, 4) is 11.3 Å². The van der Waals surface area contributed by atoms with Gasteiger partial charge in [0.1, 0.15) is 12.4 Å². The van der Waals surface area contributed by atoms with Gasteiger partial charge in [-0.3, -0.25) is 19.8 Å². The molecule has 4 aromatic rings. The topological polar surface area (TPSA) is 114 Å². The second kappa shape index (κ2) is 9.76. The first-order valence-electron chi connectivity index (χ1n) is 10.8. The highest BCUT2D eigenvalue weighted by Crippen LogP contribution is 2.39. The minimum atomic E-state index is -4.36. The van der Waals surface area contributed by atoms with Crippen molar-refractivity contribution in [1.82, 2.24) is 29.3 Å². The van der Waals surface area contributed by atoms with E-state index >= 15 is 0 Å². The van der Waals surface area contributed by atoms with Gasteiger partial charge in [-0.2, -0.15) is 18.3 Å². The molecule has 0 saturated heterocycles. The Bertz CT molecular complexity index is 1610. The van der Waals surface area contributed by atoms with Gasteiger partial charge in [0.2, 0.25) is 0 Å². The number of aromatic nitrogens is 6. The first-order chi connectivity index (χ1) is 17.1. The molecule has 1 saturated carbocycles. The lowest BCUT2D eigenvalue weighted by atomic mass is 10.1. The van der Waals surface area contributed by atoms with Gasteiger partial charge in [-0.05, 0) is 30.9 Å². The monoisotopic (exact) mass is 503 g/mol. The predicted molar refractivity (Wildman–Crippen MR) is 124 cm³/mol. The molecule has 0 bridgehead atoms. The van der Waals surface area contributed by atoms with Crippen LogP contribution in [0.3, 0.4) is 0 Å². The van der Waals surface area contributed by atoms with E-state index in [1.54, 1.807) is 17.9 Å². The molecule has 188 valence electrons. The van der Waals surface area contributed by atoms with Crippen molar-refractivity contribution in [3.63, 3.8) is 0 Å². The second-order valence-corrected chi connectivity index (χ2v) is 8.03. The van der Waals surface area contributed by atoms with Gasteiger partial charge in [0.15, 0.2) is 5.49 Å². The molecule has 0 spiro atoms. The molecule has 2 N–H and O–H groups in total. The van der Waals surface area contributed by atoms with Crippen LogP contribution in [0, 0.1) is 5.82 Å². The van der Waals surface area contributed by atoms with E-state index < -0.39 is 29.8 Å². The zero-order valence-electron chi connectivity index (χ0n) is 19.0. The fourth-order valence-corrected chi connectivity index (χ4v) is 3.74. The van der Waals surface area contributed by atoms with E-state index in [0.717, 1.165) is 34.7 Å². The quantitative estimate of drug-likeness (QED) is 0.417. The summed E-state index contributed by atoms with van der Waals surface area (Å²) in [6.45, 7) is 2.53. The Labute approximate surface area is 200 Å². The zero-order valence-corrected chi connectivity index (χ0v) is 19.0. The first kappa shape index (κ1) is 24.8. The Balaban J connectivity index is 0.000000179. The van der Waals surface area contributed by atoms with Crippen molar-refractivity contribution in [3.05, 3.63) is 81.2 Å². The van der Waals surface area contributed by atoms with Crippen molar-refractivity contribution in [1.29, 1.82) is 0 Å². The summed E-state index contributed by atoms with van der Waals surface area (Å²) in [6.07, 6.45) is 4.14. The maximum Gasteiger partial charge on any atom is 0.406 e. The highest BCUT2D eigenvalue weighted by molar-refractivity contribution is 5.79. The fourth-order valence-electron chi connectivity index (χ4n) is 3.74. The van der Waals surface area contributed by atoms with Crippen molar-refractivity contribution in [2.24, 2.45) is 4.99 Å². The third kappa shape index (κ3) is 5.34. The molecule has 0 amide bonds. The third-order valence-corrected chi connectivity index (χ3v) is 5.46. The van der Waals surface area contributed by atoms with Gasteiger partial charge in [-0.15, -0.1) is 0 Å². The number of H-pyrrole nitrogens is 2. The van der Waals surface area contributed by atoms with E-state index in [0.29, 0.717) is 17.2 Å². The van der Waals surface area contributed by atoms with E-state index in [4.69, 9.17) is 0 Å². The van der Waals surface area contributed by atoms with Crippen molar-refractivity contribution in [2.75, 3.05) is 7.05 Å². The van der Waals surface area contributed by atoms with Crippen LogP contribution in [0.25, 0.3) is 28.4 Å². The number of aromatic amines is 2. The molecule has 0 atom stereocenters. The maximum absolute atomic E-state index is 13.2. The standard InChI is InChI=1S/C14H15N5O2.C9H6F4N2/c1-3-19-12(15-2)9(8-4-5-8)6-11(18-19)10-7-16-14(21)17-13(10)20;10-7-4-15(5-9(11,12)13)8-1-2-14-3-6(7)8/h3,6-8H,1,4-5H2,2H3,(H2,16,17,20,21);1-4H,5H2. The number of halogens is 4. The number of fused-ring (bicyclic) bond motifs is 1. The molecule has 0 aromatic carbocycles. The van der Waals surface area contributed by atoms with Gasteiger partial charge in [0.25, 0.3) is 5.56 Å². The number of nitrogens with zero attached hydrogens (tertiary/aromatic N) is 5. The van der Waals surface area contributed by atoms with Crippen LogP contribution in [0.4, 0.5) is 17.6 Å². The normalized spacial score (nSPS) is 14.0. The lowest BCUT2D eigenvalue weighted by Gasteiger charge is -2.09. The van der Waals surface area contributed by atoms with Crippen molar-refractivity contribution in [2.45, 2.75) is 31.5 Å². The van der Waals surface area contributed by atoms with E-state index in [2.05, 4.69) is 31.6 Å². The Morgan fingerprint density at radius 2 is 2.06 bits per heavy atom. The minimum absolute atomic E-state index is 0.0988. The number of hydrogen-bond acceptors (Lipinski definition) is 5. The third-order valence-electron chi connectivity index (χ3n) is 5.46. The van der Waals surface area contributed by atoms with E-state index in [9.17, 15) is 27.2 Å². The van der Waals surface area contributed by atoms with E-state index in [1.165, 1.54) is 24.7 Å². The van der Waals surface area contributed by atoms with Crippen LogP contribution in [0.1, 0.15) is 24.3 Å². The van der Waals surface area contributed by atoms with Crippen LogP contribution in [0.2, 0.25) is 0 Å². The fraction of sp³-hybridized carbons (Fsp3) is 0.261. The Hall–Kier alpha value is -4.29. The Morgan fingerprint density at radius 1 is 1.31 bits per heavy atom. The lowest BCUT2D eigenvalue weighted by molar-refractivity contribution is -0.139. The van der Waals surface area contributed by atoms with Gasteiger partial charge in [-0.25, -0.2) is 13.9 Å². The van der Waals surface area contributed by atoms with Crippen molar-refractivity contribution >= 4 is 17.1 Å². The van der Waals surface area contributed by atoms with Crippen LogP contribution >= 0.6 is 0 Å². The summed E-state index contributed by atoms with van der Waals surface area (Å²) >= 11 is 0. The molecule has 1 aliphatic rings. The molecule has 4 heterocycles. The summed E-state index contributed by atoms with van der Waals surface area (Å²) in [4.78, 5) is 35.6. The number of rotatable bonds is 4. The summed E-state index contributed by atoms with van der Waals surface area (Å²) in [7, 11) is 1.70.